The summed E-state index contributed by atoms with van der Waals surface area (Å²) in [7, 11) is 0. The highest BCUT2D eigenvalue weighted by atomic mass is 79.9. The van der Waals surface area contributed by atoms with Crippen LogP contribution in [0.4, 0.5) is 10.5 Å². The molecule has 0 radical (unpaired) electrons. The molecule has 4 aliphatic carbocycles. The molecule has 8 aliphatic rings. The monoisotopic (exact) mass is 1950 g/mol. The van der Waals surface area contributed by atoms with Crippen molar-refractivity contribution in [3.8, 4) is 0 Å². The molecule has 4 fully saturated rings. The van der Waals surface area contributed by atoms with Crippen molar-refractivity contribution in [2.45, 2.75) is 135 Å². The Morgan fingerprint density at radius 1 is 0.362 bits per heavy atom. The number of halogens is 4. The average molecular weight is 1950 g/mol. The fourth-order valence-electron chi connectivity index (χ4n) is 20.1. The number of nitrogens with zero attached hydrogens (tertiary/aromatic N) is 16. The lowest BCUT2D eigenvalue weighted by Gasteiger charge is -2.42. The summed E-state index contributed by atoms with van der Waals surface area (Å²) in [4.78, 5) is 106. The van der Waals surface area contributed by atoms with Crippen LogP contribution in [0.2, 0.25) is 5.02 Å². The van der Waals surface area contributed by atoms with Crippen LogP contribution in [0.1, 0.15) is 166 Å². The minimum Gasteiger partial charge on any atom is -0.340 e. The molecule has 4 saturated heterocycles. The number of rotatable bonds is 11. The van der Waals surface area contributed by atoms with Gasteiger partial charge in [-0.3, -0.25) is 73.9 Å². The van der Waals surface area contributed by atoms with E-state index < -0.39 is 5.41 Å². The van der Waals surface area contributed by atoms with E-state index in [1.54, 1.807) is 49.6 Å². The molecule has 1 N–H and O–H groups in total. The maximum Gasteiger partial charge on any atom is 0.321 e. The van der Waals surface area contributed by atoms with Gasteiger partial charge in [0.2, 0.25) is 17.7 Å². The summed E-state index contributed by atoms with van der Waals surface area (Å²) in [5, 5.41) is 3.75. The average Bonchev–Trinajstić information content (AvgIpc) is 1.60. The lowest BCUT2D eigenvalue weighted by Crippen LogP contribution is -2.54. The summed E-state index contributed by atoms with van der Waals surface area (Å²) in [6.07, 6.45) is 30.2. The lowest BCUT2D eigenvalue weighted by molar-refractivity contribution is -0.138. The summed E-state index contributed by atoms with van der Waals surface area (Å²) in [6, 6.07) is 51.4. The van der Waals surface area contributed by atoms with Crippen LogP contribution in [-0.2, 0) is 84.0 Å². The van der Waals surface area contributed by atoms with Gasteiger partial charge in [-0.1, -0.05) is 125 Å². The quantitative estimate of drug-likeness (QED) is 0.128. The number of urea groups is 1. The van der Waals surface area contributed by atoms with Gasteiger partial charge < -0.3 is 24.9 Å². The molecule has 12 heterocycles. The number of hydrogen-bond donors (Lipinski definition) is 1. The molecule has 25 heteroatoms. The molecule has 0 spiro atoms. The largest absolute Gasteiger partial charge is 0.340 e. The van der Waals surface area contributed by atoms with Crippen molar-refractivity contribution in [1.82, 2.24) is 79.1 Å². The molecule has 4 aliphatic heterocycles. The van der Waals surface area contributed by atoms with Gasteiger partial charge in [-0.25, -0.2) is 4.79 Å². The van der Waals surface area contributed by atoms with Crippen molar-refractivity contribution >= 4 is 88.8 Å². The first-order chi connectivity index (χ1) is 63.1. The first-order valence-electron chi connectivity index (χ1n) is 45.5. The van der Waals surface area contributed by atoms with Gasteiger partial charge in [0.25, 0.3) is 0 Å². The van der Waals surface area contributed by atoms with Crippen LogP contribution in [0.3, 0.4) is 0 Å². The van der Waals surface area contributed by atoms with Gasteiger partial charge in [0, 0.05) is 191 Å². The highest BCUT2D eigenvalue weighted by molar-refractivity contribution is 9.11. The number of piperazine rings is 4. The van der Waals surface area contributed by atoms with Gasteiger partial charge in [0.1, 0.15) is 0 Å². The SMILES string of the molecule is Cc1ccc2c(c1)CCc1c(Cl)ccnc1C2N1CCN(C(=O)Cc2cccnc2)CC1.Cc1ccc2c(c1)CCc1cc(Br)cnc1C2N1CCN(C(=O)C(C)(C)c2cccnc2)CC1.Cc1ccc2c(c1)CCc1cc(Br)cnc1C2N1CCN(C(=O)Cc2cccnc2)CC1.Cc1ccc2c(c1)CCc1cc(Br)cnc1C2N1CCN(C(=O)Nc2cccnc2)CC1. The van der Waals surface area contributed by atoms with E-state index in [4.69, 9.17) is 31.5 Å². The third kappa shape index (κ3) is 21.1. The van der Waals surface area contributed by atoms with Gasteiger partial charge in [0.15, 0.2) is 0 Å². The van der Waals surface area contributed by atoms with E-state index in [0.717, 1.165) is 186 Å². The summed E-state index contributed by atoms with van der Waals surface area (Å²) in [5.41, 5.74) is 28.8. The summed E-state index contributed by atoms with van der Waals surface area (Å²) < 4.78 is 3.08. The topological polar surface area (TPSA) is 209 Å². The smallest absolute Gasteiger partial charge is 0.321 e. The Morgan fingerprint density at radius 2 is 0.708 bits per heavy atom. The second-order valence-electron chi connectivity index (χ2n) is 36.0. The van der Waals surface area contributed by atoms with Crippen LogP contribution >= 0.6 is 59.4 Å². The minimum absolute atomic E-state index is 0.0670. The van der Waals surface area contributed by atoms with Gasteiger partial charge in [-0.05, 0) is 279 Å². The number of nitrogens with one attached hydrogen (secondary N) is 1. The first-order valence-corrected chi connectivity index (χ1v) is 48.3. The van der Waals surface area contributed by atoms with Crippen LogP contribution in [0.15, 0.2) is 233 Å². The molecule has 0 bridgehead atoms. The number of carbonyl (C=O) groups is 4. The number of benzene rings is 4. The van der Waals surface area contributed by atoms with Crippen LogP contribution in [0.25, 0.3) is 0 Å². The number of pyridine rings is 8. The Bertz CT molecular complexity index is 5710. The number of hydrogen-bond acceptors (Lipinski definition) is 16. The summed E-state index contributed by atoms with van der Waals surface area (Å²) in [5.74, 6) is 0.507. The van der Waals surface area contributed by atoms with Crippen LogP contribution in [0.5, 0.6) is 0 Å². The number of amides is 5. The van der Waals surface area contributed by atoms with E-state index in [-0.39, 0.29) is 47.9 Å². The Labute approximate surface area is 793 Å². The third-order valence-electron chi connectivity index (χ3n) is 27.0. The van der Waals surface area contributed by atoms with E-state index in [1.165, 1.54) is 83.5 Å². The molecule has 21 nitrogen and oxygen atoms in total. The standard InChI is InChI=1S/C28H31BrN4O.C26H27BrN4O.C26H27ClN4O.C25H26BrN5O/c1-19-6-9-24-20(15-19)7-8-21-16-23(29)18-31-25(21)26(24)32-11-13-33(14-12-32)27(34)28(2,3)22-5-4-10-30-17-22;1-18-4-7-23-20(13-18)5-6-21-15-22(27)17-29-25(21)26(23)31-11-9-30(10-12-31)24(32)14-19-3-2-8-28-16-19;1-18-4-6-21-20(15-18)5-7-22-23(27)8-10-29-25(22)26(21)31-13-11-30(12-14-31)24(32)16-19-3-2-9-28-17-19;1-17-4-7-22-18(13-17)5-6-19-14-20(26)15-28-23(19)24(22)30-9-11-31(12-10-30)25(32)29-21-3-2-8-27-16-21/h4-6,9-10,15-18,26H,7-8,11-14H2,1-3H3;2-4,7-8,13,15-17,26H,5-6,9-12,14H2,1H3;2-4,6,8-10,15,17,26H,5,7,11-14,16H2,1H3;2-4,7-8,13-16,24H,5-6,9-12H2,1H3,(H,29,32). The summed E-state index contributed by atoms with van der Waals surface area (Å²) >= 11 is 17.4. The van der Waals surface area contributed by atoms with Crippen LogP contribution < -0.4 is 5.32 Å². The molecule has 668 valence electrons. The van der Waals surface area contributed by atoms with Gasteiger partial charge in [-0.15, -0.1) is 0 Å². The number of aryl methyl sites for hydroxylation is 11. The molecular weight excluding hydrogens is 1840 g/mol. The van der Waals surface area contributed by atoms with Crippen molar-refractivity contribution in [2.24, 2.45) is 0 Å². The lowest BCUT2D eigenvalue weighted by atomic mass is 9.84. The van der Waals surface area contributed by atoms with Crippen molar-refractivity contribution in [3.05, 3.63) is 367 Å². The van der Waals surface area contributed by atoms with Gasteiger partial charge in [0.05, 0.1) is 77.1 Å². The molecule has 130 heavy (non-hydrogen) atoms. The molecule has 20 rings (SSSR count). The van der Waals surface area contributed by atoms with Crippen molar-refractivity contribution in [2.75, 3.05) is 110 Å². The van der Waals surface area contributed by atoms with Crippen molar-refractivity contribution < 1.29 is 19.2 Å². The molecule has 8 aromatic heterocycles. The fraction of sp³-hybridized carbons (Fsp3) is 0.352. The highest BCUT2D eigenvalue weighted by Crippen LogP contribution is 2.44. The van der Waals surface area contributed by atoms with Crippen LogP contribution in [0, 0.1) is 27.7 Å². The molecular formula is C105H111Br3ClN17O4. The fourth-order valence-corrected chi connectivity index (χ4v) is 21.5. The van der Waals surface area contributed by atoms with E-state index in [0.29, 0.717) is 52.1 Å². The Balaban J connectivity index is 0.000000121. The Kier molecular flexibility index (Phi) is 29.1. The normalized spacial score (nSPS) is 18.6. The predicted molar refractivity (Wildman–Crippen MR) is 521 cm³/mol. The Morgan fingerprint density at radius 3 is 1.08 bits per heavy atom. The van der Waals surface area contributed by atoms with Gasteiger partial charge in [-0.2, -0.15) is 0 Å². The maximum atomic E-state index is 13.5. The van der Waals surface area contributed by atoms with E-state index >= 15 is 0 Å². The highest BCUT2D eigenvalue weighted by Gasteiger charge is 2.41. The minimum atomic E-state index is -0.594. The number of fused-ring (bicyclic) bond motifs is 8. The molecule has 4 atom stereocenters. The zero-order chi connectivity index (χ0) is 90.1. The number of aromatic nitrogens is 8. The number of carbonyl (C=O) groups excluding carboxylic acids is 4. The molecule has 0 saturated carbocycles. The van der Waals surface area contributed by atoms with Crippen molar-refractivity contribution in [1.29, 1.82) is 0 Å². The third-order valence-corrected chi connectivity index (χ3v) is 28.6. The summed E-state index contributed by atoms with van der Waals surface area (Å²) in [6.45, 7) is 24.9. The molecule has 4 unspecified atom stereocenters. The maximum absolute atomic E-state index is 13.5. The molecule has 12 aromatic rings. The zero-order valence-corrected chi connectivity index (χ0v) is 80.3. The van der Waals surface area contributed by atoms with Gasteiger partial charge >= 0.3 is 6.03 Å². The van der Waals surface area contributed by atoms with Crippen LogP contribution in [-0.4, -0.2) is 208 Å². The first kappa shape index (κ1) is 91.2. The second-order valence-corrected chi connectivity index (χ2v) is 39.1. The second kappa shape index (κ2) is 41.4. The number of anilines is 1. The molecule has 4 aromatic carbocycles. The van der Waals surface area contributed by atoms with E-state index in [1.807, 2.05) is 113 Å². The predicted octanol–water partition coefficient (Wildman–Crippen LogP) is 17.6. The Hall–Kier alpha value is -10.7. The zero-order valence-electron chi connectivity index (χ0n) is 74.8. The van der Waals surface area contributed by atoms with E-state index in [2.05, 4.69) is 211 Å². The van der Waals surface area contributed by atoms with E-state index in [9.17, 15) is 19.2 Å². The van der Waals surface area contributed by atoms with Crippen molar-refractivity contribution in [3.63, 3.8) is 0 Å². The molecule has 5 amide bonds.